The molecule has 0 radical (unpaired) electrons. The van der Waals surface area contributed by atoms with E-state index in [1.54, 1.807) is 19.2 Å². The Morgan fingerprint density at radius 1 is 1.58 bits per heavy atom. The molecular formula is C8H13N3O. The number of aromatic nitrogens is 1. The maximum absolute atomic E-state index is 9.20. The van der Waals surface area contributed by atoms with Crippen molar-refractivity contribution in [2.24, 2.45) is 5.73 Å². The summed E-state index contributed by atoms with van der Waals surface area (Å²) < 4.78 is 0. The smallest absolute Gasteiger partial charge is 0.0705 e. The molecule has 0 amide bonds. The number of nitrogen functional groups attached to an aromatic ring is 1. The fourth-order valence-electron chi connectivity index (χ4n) is 0.981. The highest BCUT2D eigenvalue weighted by atomic mass is 16.3. The number of anilines is 1. The molecule has 1 aromatic heterocycles. The third-order valence-corrected chi connectivity index (χ3v) is 1.77. The van der Waals surface area contributed by atoms with Crippen LogP contribution < -0.4 is 11.5 Å². The van der Waals surface area contributed by atoms with Crippen LogP contribution in [0.5, 0.6) is 0 Å². The fourth-order valence-corrected chi connectivity index (χ4v) is 0.981. The molecule has 4 nitrogen and oxygen atoms in total. The molecule has 0 saturated heterocycles. The van der Waals surface area contributed by atoms with Gasteiger partial charge in [-0.1, -0.05) is 0 Å². The Balaban J connectivity index is 2.94. The average molecular weight is 167 g/mol. The molecule has 1 heterocycles. The molecule has 0 spiro atoms. The number of hydrogen-bond donors (Lipinski definition) is 3. The van der Waals surface area contributed by atoms with E-state index in [1.165, 1.54) is 6.20 Å². The van der Waals surface area contributed by atoms with Crippen LogP contribution >= 0.6 is 0 Å². The van der Waals surface area contributed by atoms with Crippen LogP contribution in [0, 0.1) is 0 Å². The van der Waals surface area contributed by atoms with E-state index in [1.807, 2.05) is 0 Å². The van der Waals surface area contributed by atoms with E-state index in [-0.39, 0.29) is 0 Å². The van der Waals surface area contributed by atoms with Crippen molar-refractivity contribution in [2.75, 3.05) is 5.73 Å². The van der Waals surface area contributed by atoms with Gasteiger partial charge >= 0.3 is 0 Å². The van der Waals surface area contributed by atoms with Crippen LogP contribution in [-0.4, -0.2) is 16.2 Å². The van der Waals surface area contributed by atoms with Gasteiger partial charge in [0.05, 0.1) is 24.0 Å². The Morgan fingerprint density at radius 2 is 2.25 bits per heavy atom. The lowest BCUT2D eigenvalue weighted by Gasteiger charge is -2.16. The van der Waals surface area contributed by atoms with Gasteiger partial charge in [0.1, 0.15) is 0 Å². The number of aliphatic hydroxyl groups is 1. The predicted octanol–water partition coefficient (Wildman–Crippen LogP) is 0.0444. The van der Waals surface area contributed by atoms with Gasteiger partial charge in [0.2, 0.25) is 0 Å². The Morgan fingerprint density at radius 3 is 2.75 bits per heavy atom. The normalized spacial score (nSPS) is 15.6. The van der Waals surface area contributed by atoms with Gasteiger partial charge in [-0.25, -0.2) is 0 Å². The summed E-state index contributed by atoms with van der Waals surface area (Å²) in [7, 11) is 0. The van der Waals surface area contributed by atoms with Gasteiger partial charge in [-0.2, -0.15) is 0 Å². The summed E-state index contributed by atoms with van der Waals surface area (Å²) in [5.41, 5.74) is 12.5. The van der Waals surface area contributed by atoms with Crippen LogP contribution in [0.15, 0.2) is 18.5 Å². The summed E-state index contributed by atoms with van der Waals surface area (Å²) >= 11 is 0. The number of hydrogen-bond acceptors (Lipinski definition) is 4. The van der Waals surface area contributed by atoms with Crippen molar-refractivity contribution in [2.45, 2.75) is 19.1 Å². The first kappa shape index (κ1) is 8.96. The molecule has 0 fully saturated rings. The maximum atomic E-state index is 9.20. The van der Waals surface area contributed by atoms with Gasteiger partial charge < -0.3 is 16.6 Å². The highest BCUT2D eigenvalue weighted by Gasteiger charge is 2.13. The number of nitrogens with two attached hydrogens (primary N) is 2. The lowest BCUT2D eigenvalue weighted by molar-refractivity contribution is 0.164. The Labute approximate surface area is 71.2 Å². The Hall–Kier alpha value is -1.13. The van der Waals surface area contributed by atoms with Gasteiger partial charge in [0, 0.05) is 6.20 Å². The van der Waals surface area contributed by atoms with Crippen LogP contribution in [0.3, 0.4) is 0 Å². The molecular weight excluding hydrogens is 154 g/mol. The summed E-state index contributed by atoms with van der Waals surface area (Å²) in [6.45, 7) is 1.63. The standard InChI is InChI=1S/C8H13N3O/c1-5(12)8(10)6-2-3-11-4-7(6)9/h2-5,8,12H,9-10H2,1H3/t5-,8-/m1/s1. The minimum atomic E-state index is -0.602. The van der Waals surface area contributed by atoms with Crippen molar-refractivity contribution < 1.29 is 5.11 Å². The second-order valence-corrected chi connectivity index (χ2v) is 2.77. The predicted molar refractivity (Wildman–Crippen MR) is 47.3 cm³/mol. The molecule has 5 N–H and O–H groups in total. The van der Waals surface area contributed by atoms with Gasteiger partial charge in [-0.05, 0) is 18.6 Å². The topological polar surface area (TPSA) is 85.2 Å². The molecule has 0 aliphatic rings. The van der Waals surface area contributed by atoms with Gasteiger partial charge in [0.15, 0.2) is 0 Å². The molecule has 0 aromatic carbocycles. The van der Waals surface area contributed by atoms with E-state index in [0.717, 1.165) is 5.56 Å². The van der Waals surface area contributed by atoms with E-state index in [2.05, 4.69) is 4.98 Å². The minimum Gasteiger partial charge on any atom is -0.397 e. The van der Waals surface area contributed by atoms with E-state index < -0.39 is 12.1 Å². The van der Waals surface area contributed by atoms with Crippen LogP contribution in [-0.2, 0) is 0 Å². The second-order valence-electron chi connectivity index (χ2n) is 2.77. The van der Waals surface area contributed by atoms with Crippen molar-refractivity contribution in [3.63, 3.8) is 0 Å². The molecule has 0 saturated carbocycles. The van der Waals surface area contributed by atoms with Crippen LogP contribution in [0.4, 0.5) is 5.69 Å². The minimum absolute atomic E-state index is 0.437. The summed E-state index contributed by atoms with van der Waals surface area (Å²) in [4.78, 5) is 3.82. The lowest BCUT2D eigenvalue weighted by Crippen LogP contribution is -2.24. The quantitative estimate of drug-likeness (QED) is 0.580. The monoisotopic (exact) mass is 167 g/mol. The molecule has 0 unspecified atom stereocenters. The first-order valence-electron chi connectivity index (χ1n) is 3.76. The maximum Gasteiger partial charge on any atom is 0.0705 e. The largest absolute Gasteiger partial charge is 0.397 e. The Kier molecular flexibility index (Phi) is 2.62. The van der Waals surface area contributed by atoms with Gasteiger partial charge in [-0.15, -0.1) is 0 Å². The van der Waals surface area contributed by atoms with E-state index in [4.69, 9.17) is 11.5 Å². The summed E-state index contributed by atoms with van der Waals surface area (Å²) in [5, 5.41) is 9.20. The van der Waals surface area contributed by atoms with E-state index in [0.29, 0.717) is 5.69 Å². The van der Waals surface area contributed by atoms with Crippen molar-refractivity contribution in [3.8, 4) is 0 Å². The SMILES string of the molecule is C[C@@H](O)[C@@H](N)c1ccncc1N. The zero-order valence-electron chi connectivity index (χ0n) is 6.94. The molecule has 2 atom stereocenters. The lowest BCUT2D eigenvalue weighted by atomic mass is 10.0. The van der Waals surface area contributed by atoms with E-state index in [9.17, 15) is 5.11 Å². The first-order chi connectivity index (χ1) is 5.63. The summed E-state index contributed by atoms with van der Waals surface area (Å²) in [6, 6.07) is 1.28. The van der Waals surface area contributed by atoms with Gasteiger partial charge in [-0.3, -0.25) is 4.98 Å². The third kappa shape index (κ3) is 1.72. The summed E-state index contributed by atoms with van der Waals surface area (Å²) in [5.74, 6) is 0. The molecule has 0 bridgehead atoms. The summed E-state index contributed by atoms with van der Waals surface area (Å²) in [6.07, 6.45) is 2.53. The average Bonchev–Trinajstić information content (AvgIpc) is 2.04. The van der Waals surface area contributed by atoms with Crippen molar-refractivity contribution in [3.05, 3.63) is 24.0 Å². The molecule has 1 rings (SSSR count). The number of aliphatic hydroxyl groups excluding tert-OH is 1. The van der Waals surface area contributed by atoms with Crippen molar-refractivity contribution in [1.29, 1.82) is 0 Å². The molecule has 1 aromatic rings. The fraction of sp³-hybridized carbons (Fsp3) is 0.375. The van der Waals surface area contributed by atoms with Crippen molar-refractivity contribution >= 4 is 5.69 Å². The molecule has 4 heteroatoms. The van der Waals surface area contributed by atoms with Crippen LogP contribution in [0.25, 0.3) is 0 Å². The van der Waals surface area contributed by atoms with E-state index >= 15 is 0 Å². The zero-order chi connectivity index (χ0) is 9.14. The highest BCUT2D eigenvalue weighted by Crippen LogP contribution is 2.19. The number of nitrogens with zero attached hydrogens (tertiary/aromatic N) is 1. The number of rotatable bonds is 2. The second kappa shape index (κ2) is 3.51. The first-order valence-corrected chi connectivity index (χ1v) is 3.76. The number of pyridine rings is 1. The molecule has 12 heavy (non-hydrogen) atoms. The zero-order valence-corrected chi connectivity index (χ0v) is 6.94. The Bertz CT molecular complexity index is 262. The van der Waals surface area contributed by atoms with Gasteiger partial charge in [0.25, 0.3) is 0 Å². The molecule has 66 valence electrons. The van der Waals surface area contributed by atoms with Crippen LogP contribution in [0.2, 0.25) is 0 Å². The van der Waals surface area contributed by atoms with Crippen molar-refractivity contribution in [1.82, 2.24) is 4.98 Å². The third-order valence-electron chi connectivity index (χ3n) is 1.77. The molecule has 0 aliphatic carbocycles. The molecule has 0 aliphatic heterocycles. The highest BCUT2D eigenvalue weighted by molar-refractivity contribution is 5.45. The van der Waals surface area contributed by atoms with Crippen LogP contribution in [0.1, 0.15) is 18.5 Å².